The van der Waals surface area contributed by atoms with Gasteiger partial charge in [-0.05, 0) is 31.2 Å². The number of carbonyl (C=O) groups excluding carboxylic acids is 1. The van der Waals surface area contributed by atoms with E-state index in [0.29, 0.717) is 12.4 Å². The van der Waals surface area contributed by atoms with Crippen molar-refractivity contribution in [1.29, 1.82) is 0 Å². The van der Waals surface area contributed by atoms with E-state index in [1.807, 2.05) is 55.5 Å². The van der Waals surface area contributed by atoms with Crippen molar-refractivity contribution < 1.29 is 9.53 Å². The average Bonchev–Trinajstić information content (AvgIpc) is 2.46. The molecule has 0 aliphatic heterocycles. The van der Waals surface area contributed by atoms with Crippen molar-refractivity contribution in [3.8, 4) is 5.75 Å². The zero-order valence-corrected chi connectivity index (χ0v) is 13.3. The standard InChI is InChI=1S/C16H17BrN2O2/c1-2-21-14-9-4-3-8-13(14)15(16(18)20)19-12-7-5-6-11(17)10-12/h3-10,15,19H,2H2,1H3,(H2,18,20). The molecule has 110 valence electrons. The summed E-state index contributed by atoms with van der Waals surface area (Å²) < 4.78 is 6.50. The van der Waals surface area contributed by atoms with Crippen LogP contribution in [0.4, 0.5) is 5.69 Å². The van der Waals surface area contributed by atoms with Crippen LogP contribution in [0.5, 0.6) is 5.75 Å². The Balaban J connectivity index is 2.33. The van der Waals surface area contributed by atoms with Gasteiger partial charge in [-0.1, -0.05) is 40.2 Å². The van der Waals surface area contributed by atoms with Crippen LogP contribution in [0.1, 0.15) is 18.5 Å². The molecule has 2 rings (SSSR count). The zero-order chi connectivity index (χ0) is 15.2. The molecule has 0 bridgehead atoms. The molecular weight excluding hydrogens is 332 g/mol. The lowest BCUT2D eigenvalue weighted by molar-refractivity contribution is -0.118. The van der Waals surface area contributed by atoms with Crippen molar-refractivity contribution in [3.05, 3.63) is 58.6 Å². The number of para-hydroxylation sites is 1. The minimum Gasteiger partial charge on any atom is -0.494 e. The van der Waals surface area contributed by atoms with Gasteiger partial charge < -0.3 is 15.8 Å². The zero-order valence-electron chi connectivity index (χ0n) is 11.7. The Hall–Kier alpha value is -2.01. The van der Waals surface area contributed by atoms with Crippen LogP contribution in [0.2, 0.25) is 0 Å². The van der Waals surface area contributed by atoms with Crippen LogP contribution in [0.25, 0.3) is 0 Å². The summed E-state index contributed by atoms with van der Waals surface area (Å²) in [6.07, 6.45) is 0. The third kappa shape index (κ3) is 3.98. The van der Waals surface area contributed by atoms with Crippen LogP contribution in [0, 0.1) is 0 Å². The lowest BCUT2D eigenvalue weighted by atomic mass is 10.0. The molecule has 0 heterocycles. The van der Waals surface area contributed by atoms with Gasteiger partial charge in [-0.15, -0.1) is 0 Å². The number of anilines is 1. The Kier molecular flexibility index (Phi) is 5.22. The molecule has 0 fully saturated rings. The van der Waals surface area contributed by atoms with Crippen molar-refractivity contribution in [3.63, 3.8) is 0 Å². The molecule has 0 saturated carbocycles. The lowest BCUT2D eigenvalue weighted by Gasteiger charge is -2.20. The summed E-state index contributed by atoms with van der Waals surface area (Å²) in [6.45, 7) is 2.43. The Morgan fingerprint density at radius 2 is 2.05 bits per heavy atom. The fraction of sp³-hybridized carbons (Fsp3) is 0.188. The van der Waals surface area contributed by atoms with E-state index in [0.717, 1.165) is 15.7 Å². The highest BCUT2D eigenvalue weighted by atomic mass is 79.9. The predicted octanol–water partition coefficient (Wildman–Crippen LogP) is 3.49. The van der Waals surface area contributed by atoms with E-state index < -0.39 is 11.9 Å². The van der Waals surface area contributed by atoms with Crippen LogP contribution in [-0.4, -0.2) is 12.5 Å². The van der Waals surface area contributed by atoms with Crippen molar-refractivity contribution in [2.24, 2.45) is 5.73 Å². The number of nitrogens with two attached hydrogens (primary N) is 1. The van der Waals surface area contributed by atoms with Gasteiger partial charge in [-0.3, -0.25) is 4.79 Å². The highest BCUT2D eigenvalue weighted by Gasteiger charge is 2.21. The second-order valence-corrected chi connectivity index (χ2v) is 5.38. The molecule has 1 unspecified atom stereocenters. The minimum absolute atomic E-state index is 0.456. The van der Waals surface area contributed by atoms with Crippen LogP contribution in [0.15, 0.2) is 53.0 Å². The first-order chi connectivity index (χ1) is 10.1. The van der Waals surface area contributed by atoms with Crippen LogP contribution in [-0.2, 0) is 4.79 Å². The highest BCUT2D eigenvalue weighted by molar-refractivity contribution is 9.10. The maximum absolute atomic E-state index is 11.8. The monoisotopic (exact) mass is 348 g/mol. The van der Waals surface area contributed by atoms with Gasteiger partial charge in [0.15, 0.2) is 0 Å². The van der Waals surface area contributed by atoms with E-state index in [9.17, 15) is 4.79 Å². The van der Waals surface area contributed by atoms with Gasteiger partial charge in [0.2, 0.25) is 5.91 Å². The number of hydrogen-bond acceptors (Lipinski definition) is 3. The maximum Gasteiger partial charge on any atom is 0.244 e. The number of halogens is 1. The van der Waals surface area contributed by atoms with E-state index >= 15 is 0 Å². The molecule has 0 radical (unpaired) electrons. The van der Waals surface area contributed by atoms with Gasteiger partial charge in [-0.2, -0.15) is 0 Å². The van der Waals surface area contributed by atoms with Crippen LogP contribution < -0.4 is 15.8 Å². The first-order valence-corrected chi connectivity index (χ1v) is 7.44. The predicted molar refractivity (Wildman–Crippen MR) is 87.3 cm³/mol. The van der Waals surface area contributed by atoms with Gasteiger partial charge in [0.1, 0.15) is 11.8 Å². The molecule has 2 aromatic rings. The second-order valence-electron chi connectivity index (χ2n) is 4.46. The normalized spacial score (nSPS) is 11.7. The number of nitrogens with one attached hydrogen (secondary N) is 1. The largest absolute Gasteiger partial charge is 0.494 e. The number of carbonyl (C=O) groups is 1. The van der Waals surface area contributed by atoms with Gasteiger partial charge in [-0.25, -0.2) is 0 Å². The Labute approximate surface area is 132 Å². The van der Waals surface area contributed by atoms with E-state index in [1.165, 1.54) is 0 Å². The van der Waals surface area contributed by atoms with Crippen molar-refractivity contribution in [2.75, 3.05) is 11.9 Å². The topological polar surface area (TPSA) is 64.3 Å². The number of benzene rings is 2. The molecule has 3 N–H and O–H groups in total. The molecule has 21 heavy (non-hydrogen) atoms. The van der Waals surface area contributed by atoms with E-state index in [4.69, 9.17) is 10.5 Å². The number of amides is 1. The third-order valence-corrected chi connectivity index (χ3v) is 3.44. The van der Waals surface area contributed by atoms with Gasteiger partial charge in [0, 0.05) is 15.7 Å². The second kappa shape index (κ2) is 7.13. The molecule has 5 heteroatoms. The van der Waals surface area contributed by atoms with E-state index in [2.05, 4.69) is 21.2 Å². The summed E-state index contributed by atoms with van der Waals surface area (Å²) in [5.74, 6) is 0.202. The van der Waals surface area contributed by atoms with Crippen LogP contribution in [0.3, 0.4) is 0 Å². The number of primary amides is 1. The Morgan fingerprint density at radius 1 is 1.29 bits per heavy atom. The van der Waals surface area contributed by atoms with Gasteiger partial charge >= 0.3 is 0 Å². The van der Waals surface area contributed by atoms with Crippen molar-refractivity contribution in [1.82, 2.24) is 0 Å². The SMILES string of the molecule is CCOc1ccccc1C(Nc1cccc(Br)c1)C(N)=O. The summed E-state index contributed by atoms with van der Waals surface area (Å²) in [4.78, 5) is 11.8. The fourth-order valence-corrected chi connectivity index (χ4v) is 2.45. The molecule has 1 atom stereocenters. The summed E-state index contributed by atoms with van der Waals surface area (Å²) in [6, 6.07) is 14.3. The molecule has 4 nitrogen and oxygen atoms in total. The molecule has 0 spiro atoms. The molecule has 0 aromatic heterocycles. The Morgan fingerprint density at radius 3 is 2.71 bits per heavy atom. The molecule has 0 saturated heterocycles. The van der Waals surface area contributed by atoms with Gasteiger partial charge in [0.25, 0.3) is 0 Å². The quantitative estimate of drug-likeness (QED) is 0.839. The molecule has 0 aliphatic rings. The third-order valence-electron chi connectivity index (χ3n) is 2.95. The summed E-state index contributed by atoms with van der Waals surface area (Å²) >= 11 is 3.40. The van der Waals surface area contributed by atoms with Crippen molar-refractivity contribution >= 4 is 27.5 Å². The summed E-state index contributed by atoms with van der Waals surface area (Å²) in [5.41, 5.74) is 7.08. The van der Waals surface area contributed by atoms with Crippen molar-refractivity contribution in [2.45, 2.75) is 13.0 Å². The number of ether oxygens (including phenoxy) is 1. The lowest BCUT2D eigenvalue weighted by Crippen LogP contribution is -2.28. The summed E-state index contributed by atoms with van der Waals surface area (Å²) in [5, 5.41) is 3.15. The molecule has 1 amide bonds. The highest BCUT2D eigenvalue weighted by Crippen LogP contribution is 2.28. The molecule has 0 aliphatic carbocycles. The molecule has 2 aromatic carbocycles. The first kappa shape index (κ1) is 15.4. The first-order valence-electron chi connectivity index (χ1n) is 6.65. The number of rotatable bonds is 6. The van der Waals surface area contributed by atoms with Gasteiger partial charge in [0.05, 0.1) is 6.61 Å². The summed E-state index contributed by atoms with van der Waals surface area (Å²) in [7, 11) is 0. The maximum atomic E-state index is 11.8. The molecular formula is C16H17BrN2O2. The van der Waals surface area contributed by atoms with Crippen LogP contribution >= 0.6 is 15.9 Å². The fourth-order valence-electron chi connectivity index (χ4n) is 2.05. The minimum atomic E-state index is -0.651. The van der Waals surface area contributed by atoms with E-state index in [1.54, 1.807) is 0 Å². The smallest absolute Gasteiger partial charge is 0.244 e. The average molecular weight is 349 g/mol. The van der Waals surface area contributed by atoms with E-state index in [-0.39, 0.29) is 0 Å². The Bertz CT molecular complexity index is 631. The number of hydrogen-bond donors (Lipinski definition) is 2.